The van der Waals surface area contributed by atoms with Crippen LogP contribution >= 0.6 is 0 Å². The molecule has 2 aromatic carbocycles. The van der Waals surface area contributed by atoms with Crippen LogP contribution in [0, 0.1) is 0 Å². The van der Waals surface area contributed by atoms with Crippen LogP contribution in [0.1, 0.15) is 13.8 Å². The van der Waals surface area contributed by atoms with Crippen molar-refractivity contribution in [2.75, 3.05) is 13.1 Å². The molecule has 0 spiro atoms. The molecule has 0 radical (unpaired) electrons. The minimum Gasteiger partial charge on any atom is -0.457 e. The first-order valence-electron chi connectivity index (χ1n) is 7.94. The summed E-state index contributed by atoms with van der Waals surface area (Å²) in [7, 11) is -3.52. The number of hydrogen-bond donors (Lipinski definition) is 0. The minimum atomic E-state index is -3.52. The van der Waals surface area contributed by atoms with E-state index in [9.17, 15) is 8.42 Å². The maximum atomic E-state index is 12.8. The molecule has 0 unspecified atom stereocenters. The fourth-order valence-electron chi connectivity index (χ4n) is 2.78. The Kier molecular flexibility index (Phi) is 4.89. The molecule has 1 heterocycles. The molecule has 0 bridgehead atoms. The third-order valence-corrected chi connectivity index (χ3v) is 5.67. The smallest absolute Gasteiger partial charge is 0.243 e. The predicted octanol–water partition coefficient (Wildman–Crippen LogP) is 3.28. The second-order valence-corrected chi connectivity index (χ2v) is 7.90. The van der Waals surface area contributed by atoms with Crippen molar-refractivity contribution in [1.29, 1.82) is 0 Å². The largest absolute Gasteiger partial charge is 0.457 e. The molecule has 5 nitrogen and oxygen atoms in total. The molecule has 0 amide bonds. The third kappa shape index (κ3) is 3.77. The highest BCUT2D eigenvalue weighted by Crippen LogP contribution is 2.25. The average Bonchev–Trinajstić information content (AvgIpc) is 2.55. The van der Waals surface area contributed by atoms with Gasteiger partial charge in [-0.2, -0.15) is 4.31 Å². The van der Waals surface area contributed by atoms with Gasteiger partial charge in [-0.15, -0.1) is 0 Å². The molecule has 128 valence electrons. The van der Waals surface area contributed by atoms with Gasteiger partial charge in [0, 0.05) is 13.1 Å². The zero-order valence-electron chi connectivity index (χ0n) is 13.8. The van der Waals surface area contributed by atoms with Crippen LogP contribution in [-0.4, -0.2) is 38.0 Å². The lowest BCUT2D eigenvalue weighted by Gasteiger charge is -2.34. The van der Waals surface area contributed by atoms with E-state index in [2.05, 4.69) is 0 Å². The Morgan fingerprint density at radius 2 is 1.46 bits per heavy atom. The van der Waals surface area contributed by atoms with Gasteiger partial charge < -0.3 is 9.47 Å². The van der Waals surface area contributed by atoms with Gasteiger partial charge in [-0.1, -0.05) is 18.2 Å². The van der Waals surface area contributed by atoms with Crippen molar-refractivity contribution in [3.05, 3.63) is 54.6 Å². The molecule has 1 aliphatic rings. The summed E-state index contributed by atoms with van der Waals surface area (Å²) in [5.74, 6) is 1.31. The second kappa shape index (κ2) is 6.93. The van der Waals surface area contributed by atoms with Crippen LogP contribution in [0.5, 0.6) is 11.5 Å². The summed E-state index contributed by atoms with van der Waals surface area (Å²) in [5.41, 5.74) is 0. The molecule has 24 heavy (non-hydrogen) atoms. The van der Waals surface area contributed by atoms with Crippen molar-refractivity contribution in [1.82, 2.24) is 4.31 Å². The van der Waals surface area contributed by atoms with Crippen molar-refractivity contribution >= 4 is 10.0 Å². The third-order valence-electron chi connectivity index (χ3n) is 3.83. The Morgan fingerprint density at radius 3 is 2.04 bits per heavy atom. The first-order valence-corrected chi connectivity index (χ1v) is 9.38. The number of hydrogen-bond acceptors (Lipinski definition) is 4. The van der Waals surface area contributed by atoms with Crippen molar-refractivity contribution < 1.29 is 17.9 Å². The van der Waals surface area contributed by atoms with Gasteiger partial charge in [0.15, 0.2) is 0 Å². The van der Waals surface area contributed by atoms with Crippen LogP contribution in [0.4, 0.5) is 0 Å². The van der Waals surface area contributed by atoms with E-state index in [1.807, 2.05) is 44.2 Å². The highest BCUT2D eigenvalue weighted by molar-refractivity contribution is 7.89. The Hall–Kier alpha value is -1.89. The first kappa shape index (κ1) is 17.0. The molecule has 6 heteroatoms. The van der Waals surface area contributed by atoms with E-state index < -0.39 is 10.0 Å². The Balaban J connectivity index is 1.77. The molecular formula is C18H21NO4S. The standard InChI is InChI=1S/C18H21NO4S/c1-14-12-19(13-15(2)22-14)24(20,21)18-10-8-17(9-11-18)23-16-6-4-3-5-7-16/h3-11,14-15H,12-13H2,1-2H3/t14-,15-/m1/s1. The van der Waals surface area contributed by atoms with E-state index in [-0.39, 0.29) is 17.1 Å². The number of sulfonamides is 1. The lowest BCUT2D eigenvalue weighted by atomic mass is 10.3. The van der Waals surface area contributed by atoms with Crippen molar-refractivity contribution in [3.63, 3.8) is 0 Å². The molecule has 1 fully saturated rings. The van der Waals surface area contributed by atoms with E-state index in [4.69, 9.17) is 9.47 Å². The lowest BCUT2D eigenvalue weighted by Crippen LogP contribution is -2.48. The minimum absolute atomic E-state index is 0.107. The summed E-state index contributed by atoms with van der Waals surface area (Å²) in [4.78, 5) is 0.268. The lowest BCUT2D eigenvalue weighted by molar-refractivity contribution is -0.0440. The van der Waals surface area contributed by atoms with Crippen molar-refractivity contribution in [3.8, 4) is 11.5 Å². The van der Waals surface area contributed by atoms with Gasteiger partial charge in [0.2, 0.25) is 10.0 Å². The van der Waals surface area contributed by atoms with Crippen LogP contribution in [0.3, 0.4) is 0 Å². The van der Waals surface area contributed by atoms with Crippen LogP contribution in [0.2, 0.25) is 0 Å². The fourth-order valence-corrected chi connectivity index (χ4v) is 4.37. The summed E-state index contributed by atoms with van der Waals surface area (Å²) in [6, 6.07) is 15.9. The topological polar surface area (TPSA) is 55.8 Å². The van der Waals surface area contributed by atoms with Gasteiger partial charge in [-0.25, -0.2) is 8.42 Å². The highest BCUT2D eigenvalue weighted by atomic mass is 32.2. The highest BCUT2D eigenvalue weighted by Gasteiger charge is 2.32. The molecule has 2 aromatic rings. The summed E-state index contributed by atoms with van der Waals surface area (Å²) in [6.45, 7) is 4.51. The van der Waals surface area contributed by atoms with E-state index in [1.165, 1.54) is 4.31 Å². The number of rotatable bonds is 4. The predicted molar refractivity (Wildman–Crippen MR) is 91.7 cm³/mol. The Bertz CT molecular complexity index is 764. The van der Waals surface area contributed by atoms with Gasteiger partial charge in [0.1, 0.15) is 11.5 Å². The second-order valence-electron chi connectivity index (χ2n) is 5.97. The summed E-state index contributed by atoms with van der Waals surface area (Å²) in [6.07, 6.45) is -0.214. The Morgan fingerprint density at radius 1 is 0.917 bits per heavy atom. The van der Waals surface area contributed by atoms with Gasteiger partial charge in [0.05, 0.1) is 17.1 Å². The zero-order valence-corrected chi connectivity index (χ0v) is 14.6. The van der Waals surface area contributed by atoms with Crippen LogP contribution < -0.4 is 4.74 Å². The molecular weight excluding hydrogens is 326 g/mol. The SMILES string of the molecule is C[C@@H]1CN(S(=O)(=O)c2ccc(Oc3ccccc3)cc2)C[C@@H](C)O1. The van der Waals surface area contributed by atoms with Gasteiger partial charge in [-0.05, 0) is 50.2 Å². The molecule has 2 atom stereocenters. The number of nitrogens with zero attached hydrogens (tertiary/aromatic N) is 1. The van der Waals surface area contributed by atoms with Gasteiger partial charge in [0.25, 0.3) is 0 Å². The zero-order chi connectivity index (χ0) is 17.2. The van der Waals surface area contributed by atoms with Gasteiger partial charge in [-0.3, -0.25) is 0 Å². The quantitative estimate of drug-likeness (QED) is 0.852. The Labute approximate surface area is 142 Å². The van der Waals surface area contributed by atoms with Crippen LogP contribution in [0.15, 0.2) is 59.5 Å². The number of ether oxygens (including phenoxy) is 2. The maximum Gasteiger partial charge on any atom is 0.243 e. The summed E-state index contributed by atoms with van der Waals surface area (Å²) < 4.78 is 38.3. The monoisotopic (exact) mass is 347 g/mol. The molecule has 3 rings (SSSR count). The average molecular weight is 347 g/mol. The van der Waals surface area contributed by atoms with Gasteiger partial charge >= 0.3 is 0 Å². The van der Waals surface area contributed by atoms with Crippen molar-refractivity contribution in [2.45, 2.75) is 31.0 Å². The molecule has 0 aromatic heterocycles. The van der Waals surface area contributed by atoms with Crippen molar-refractivity contribution in [2.24, 2.45) is 0 Å². The molecule has 0 aliphatic carbocycles. The first-order chi connectivity index (χ1) is 11.4. The maximum absolute atomic E-state index is 12.8. The number of morpholine rings is 1. The molecule has 1 aliphatic heterocycles. The van der Waals surface area contributed by atoms with Crippen LogP contribution in [-0.2, 0) is 14.8 Å². The van der Waals surface area contributed by atoms with Crippen LogP contribution in [0.25, 0.3) is 0 Å². The van der Waals surface area contributed by atoms with E-state index in [0.29, 0.717) is 24.6 Å². The number of para-hydroxylation sites is 1. The number of benzene rings is 2. The van der Waals surface area contributed by atoms with E-state index >= 15 is 0 Å². The molecule has 0 saturated carbocycles. The van der Waals surface area contributed by atoms with E-state index in [0.717, 1.165) is 0 Å². The summed E-state index contributed by atoms with van der Waals surface area (Å²) in [5, 5.41) is 0. The fraction of sp³-hybridized carbons (Fsp3) is 0.333. The molecule has 1 saturated heterocycles. The van der Waals surface area contributed by atoms with E-state index in [1.54, 1.807) is 24.3 Å². The summed E-state index contributed by atoms with van der Waals surface area (Å²) >= 11 is 0. The molecule has 0 N–H and O–H groups in total. The normalized spacial score (nSPS) is 22.2.